The summed E-state index contributed by atoms with van der Waals surface area (Å²) in [6.07, 6.45) is 0. The topological polar surface area (TPSA) is 34.0 Å². The highest BCUT2D eigenvalue weighted by molar-refractivity contribution is 7.78. The summed E-state index contributed by atoms with van der Waals surface area (Å²) in [5, 5.41) is 4.70. The van der Waals surface area contributed by atoms with Crippen molar-refractivity contribution in [3.8, 4) is 5.75 Å². The quantitative estimate of drug-likeness (QED) is 0.605. The molecule has 0 atom stereocenters. The molecule has 0 aromatic heterocycles. The normalized spacial score (nSPS) is 9.06. The second-order valence-electron chi connectivity index (χ2n) is 3.43. The number of ether oxygens (including phenoxy) is 1. The van der Waals surface area contributed by atoms with E-state index >= 15 is 0 Å². The lowest BCUT2D eigenvalue weighted by Gasteiger charge is -2.12. The Morgan fingerprint density at radius 2 is 1.59 bits per heavy atom. The zero-order chi connectivity index (χ0) is 12.7. The van der Waals surface area contributed by atoms with Gasteiger partial charge in [0.15, 0.2) is 0 Å². The minimum atomic E-state index is 0.461. The van der Waals surface area contributed by atoms with Crippen LogP contribution in [0.5, 0.6) is 5.75 Å². The standard InChI is InChI=1S/C12H12N2OS2/c1-9-3-10(5-13-7-16)12(15-2)11(4-9)6-14-8-17/h3-4H,5-6H2,1-2H3. The summed E-state index contributed by atoms with van der Waals surface area (Å²) in [7, 11) is 1.62. The molecular weight excluding hydrogens is 252 g/mol. The smallest absolute Gasteiger partial charge is 0.129 e. The van der Waals surface area contributed by atoms with E-state index in [4.69, 9.17) is 4.74 Å². The Balaban J connectivity index is 3.22. The van der Waals surface area contributed by atoms with Crippen molar-refractivity contribution in [2.75, 3.05) is 7.11 Å². The van der Waals surface area contributed by atoms with Crippen molar-refractivity contribution in [2.24, 2.45) is 9.98 Å². The Morgan fingerprint density at radius 1 is 1.12 bits per heavy atom. The fraction of sp³-hybridized carbons (Fsp3) is 0.333. The molecule has 0 aliphatic rings. The Bertz CT molecular complexity index is 460. The van der Waals surface area contributed by atoms with Gasteiger partial charge in [0, 0.05) is 11.1 Å². The van der Waals surface area contributed by atoms with Crippen LogP contribution in [0.4, 0.5) is 0 Å². The van der Waals surface area contributed by atoms with Gasteiger partial charge < -0.3 is 4.74 Å². The van der Waals surface area contributed by atoms with Crippen LogP contribution in [0.1, 0.15) is 16.7 Å². The second-order valence-corrected chi connectivity index (χ2v) is 3.80. The van der Waals surface area contributed by atoms with Crippen molar-refractivity contribution < 1.29 is 4.74 Å². The monoisotopic (exact) mass is 264 g/mol. The van der Waals surface area contributed by atoms with Gasteiger partial charge in [-0.3, -0.25) is 0 Å². The lowest BCUT2D eigenvalue weighted by Crippen LogP contribution is -1.98. The van der Waals surface area contributed by atoms with Crippen LogP contribution < -0.4 is 4.74 Å². The molecule has 0 fully saturated rings. The fourth-order valence-corrected chi connectivity index (χ4v) is 1.79. The van der Waals surface area contributed by atoms with Gasteiger partial charge in [-0.15, -0.1) is 0 Å². The first-order valence-corrected chi connectivity index (χ1v) is 5.78. The van der Waals surface area contributed by atoms with E-state index in [1.165, 1.54) is 0 Å². The van der Waals surface area contributed by atoms with E-state index in [1.54, 1.807) is 7.11 Å². The molecule has 0 saturated carbocycles. The summed E-state index contributed by atoms with van der Waals surface area (Å²) in [4.78, 5) is 7.86. The van der Waals surface area contributed by atoms with E-state index in [9.17, 15) is 0 Å². The summed E-state index contributed by atoms with van der Waals surface area (Å²) < 4.78 is 5.38. The lowest BCUT2D eigenvalue weighted by atomic mass is 10.0. The molecule has 3 nitrogen and oxygen atoms in total. The fourth-order valence-electron chi connectivity index (χ4n) is 1.66. The van der Waals surface area contributed by atoms with Crippen LogP contribution in [-0.4, -0.2) is 17.4 Å². The SMILES string of the molecule is COc1c(CN=C=S)cc(C)cc1CN=C=S. The van der Waals surface area contributed by atoms with Crippen LogP contribution >= 0.6 is 24.4 Å². The highest BCUT2D eigenvalue weighted by Crippen LogP contribution is 2.27. The second kappa shape index (κ2) is 7.05. The molecule has 1 aromatic carbocycles. The van der Waals surface area contributed by atoms with Crippen LogP contribution in [0.3, 0.4) is 0 Å². The van der Waals surface area contributed by atoms with Gasteiger partial charge in [0.25, 0.3) is 0 Å². The van der Waals surface area contributed by atoms with Crippen molar-refractivity contribution in [1.29, 1.82) is 0 Å². The Labute approximate surface area is 111 Å². The predicted octanol–water partition coefficient (Wildman–Crippen LogP) is 3.21. The van der Waals surface area contributed by atoms with Crippen molar-refractivity contribution in [3.63, 3.8) is 0 Å². The third-order valence-corrected chi connectivity index (χ3v) is 2.48. The van der Waals surface area contributed by atoms with E-state index in [0.717, 1.165) is 22.4 Å². The first-order valence-electron chi connectivity index (χ1n) is 4.96. The number of hydrogen-bond donors (Lipinski definition) is 0. The van der Waals surface area contributed by atoms with E-state index < -0.39 is 0 Å². The van der Waals surface area contributed by atoms with E-state index in [0.29, 0.717) is 13.1 Å². The number of thiocarbonyl (C=S) groups is 2. The summed E-state index contributed by atoms with van der Waals surface area (Å²) in [6, 6.07) is 4.03. The first kappa shape index (κ1) is 13.7. The molecule has 0 bridgehead atoms. The number of nitrogens with zero attached hydrogens (tertiary/aromatic N) is 2. The third-order valence-electron chi connectivity index (χ3n) is 2.22. The van der Waals surface area contributed by atoms with E-state index in [1.807, 2.05) is 19.1 Å². The highest BCUT2D eigenvalue weighted by Gasteiger charge is 2.09. The maximum Gasteiger partial charge on any atom is 0.129 e. The molecule has 88 valence electrons. The van der Waals surface area contributed by atoms with Crippen molar-refractivity contribution in [1.82, 2.24) is 0 Å². The summed E-state index contributed by atoms with van der Waals surface area (Å²) in [5.74, 6) is 0.776. The van der Waals surface area contributed by atoms with Gasteiger partial charge in [-0.25, -0.2) is 9.98 Å². The first-order chi connectivity index (χ1) is 8.22. The number of benzene rings is 1. The van der Waals surface area contributed by atoms with Gasteiger partial charge in [-0.2, -0.15) is 0 Å². The van der Waals surface area contributed by atoms with E-state index in [2.05, 4.69) is 44.7 Å². The van der Waals surface area contributed by atoms with Gasteiger partial charge in [0.1, 0.15) is 5.75 Å². The van der Waals surface area contributed by atoms with Crippen LogP contribution in [0, 0.1) is 6.92 Å². The Morgan fingerprint density at radius 3 is 1.94 bits per heavy atom. The molecule has 0 aliphatic heterocycles. The zero-order valence-electron chi connectivity index (χ0n) is 9.69. The van der Waals surface area contributed by atoms with Crippen LogP contribution in [-0.2, 0) is 13.1 Å². The minimum Gasteiger partial charge on any atom is -0.496 e. The summed E-state index contributed by atoms with van der Waals surface area (Å²) in [6.45, 7) is 2.93. The average Bonchev–Trinajstić information content (AvgIpc) is 2.33. The molecule has 17 heavy (non-hydrogen) atoms. The van der Waals surface area contributed by atoms with Crippen molar-refractivity contribution in [3.05, 3.63) is 28.8 Å². The van der Waals surface area contributed by atoms with Crippen LogP contribution in [0.25, 0.3) is 0 Å². The van der Waals surface area contributed by atoms with Crippen LogP contribution in [0.15, 0.2) is 22.1 Å². The maximum absolute atomic E-state index is 5.38. The lowest BCUT2D eigenvalue weighted by molar-refractivity contribution is 0.405. The third kappa shape index (κ3) is 3.84. The Kier molecular flexibility index (Phi) is 5.67. The molecule has 0 unspecified atom stereocenters. The molecule has 1 aromatic rings. The number of aryl methyl sites for hydroxylation is 1. The molecule has 0 N–H and O–H groups in total. The Hall–Kier alpha value is -1.38. The molecule has 0 aliphatic carbocycles. The maximum atomic E-state index is 5.38. The van der Waals surface area contributed by atoms with Crippen molar-refractivity contribution in [2.45, 2.75) is 20.0 Å². The molecule has 0 saturated heterocycles. The molecule has 0 amide bonds. The average molecular weight is 264 g/mol. The predicted molar refractivity (Wildman–Crippen MR) is 75.2 cm³/mol. The summed E-state index contributed by atoms with van der Waals surface area (Å²) in [5.41, 5.74) is 3.06. The molecule has 1 rings (SSSR count). The molecule has 0 radical (unpaired) electrons. The van der Waals surface area contributed by atoms with Crippen molar-refractivity contribution >= 4 is 34.8 Å². The summed E-state index contributed by atoms with van der Waals surface area (Å²) >= 11 is 9.13. The number of rotatable bonds is 5. The number of hydrogen-bond acceptors (Lipinski definition) is 5. The molecule has 0 spiro atoms. The van der Waals surface area contributed by atoms with Gasteiger partial charge >= 0.3 is 0 Å². The number of aliphatic imine (C=N–C) groups is 2. The zero-order valence-corrected chi connectivity index (χ0v) is 11.3. The number of isothiocyanates is 2. The van der Waals surface area contributed by atoms with Gasteiger partial charge in [0.05, 0.1) is 30.5 Å². The minimum absolute atomic E-state index is 0.461. The molecule has 0 heterocycles. The molecule has 5 heteroatoms. The van der Waals surface area contributed by atoms with Crippen LogP contribution in [0.2, 0.25) is 0 Å². The van der Waals surface area contributed by atoms with E-state index in [-0.39, 0.29) is 0 Å². The highest BCUT2D eigenvalue weighted by atomic mass is 32.1. The molecular formula is C12H12N2OS2. The number of methoxy groups -OCH3 is 1. The largest absolute Gasteiger partial charge is 0.496 e. The van der Waals surface area contributed by atoms with Gasteiger partial charge in [-0.1, -0.05) is 17.7 Å². The van der Waals surface area contributed by atoms with Gasteiger partial charge in [0.2, 0.25) is 0 Å². The van der Waals surface area contributed by atoms with Gasteiger partial charge in [-0.05, 0) is 31.4 Å².